The van der Waals surface area contributed by atoms with Gasteiger partial charge in [-0.1, -0.05) is 13.8 Å². The van der Waals surface area contributed by atoms with Gasteiger partial charge in [-0.15, -0.1) is 0 Å². The highest BCUT2D eigenvalue weighted by molar-refractivity contribution is 5.87. The molecule has 1 aromatic carbocycles. The lowest BCUT2D eigenvalue weighted by Crippen LogP contribution is -2.26. The summed E-state index contributed by atoms with van der Waals surface area (Å²) in [6.45, 7) is 2.00. The Kier molecular flexibility index (Phi) is 6.08. The molecule has 0 aromatic heterocycles. The molecule has 0 amide bonds. The minimum absolute atomic E-state index is 0.682. The molecule has 0 unspecified atom stereocenters. The van der Waals surface area contributed by atoms with Crippen LogP contribution in [0, 0.1) is 40.0 Å². The van der Waals surface area contributed by atoms with Crippen molar-refractivity contribution in [3.8, 4) is 0 Å². The number of ether oxygens (including phenoxy) is 2. The zero-order valence-corrected chi connectivity index (χ0v) is 16.0. The van der Waals surface area contributed by atoms with E-state index in [4.69, 9.17) is 0 Å². The quantitative estimate of drug-likeness (QED) is 0.314. The molecule has 5 nitrogen and oxygen atoms in total. The molecule has 0 spiro atoms. The monoisotopic (exact) mass is 422 g/mol. The average molecular weight is 422 g/mol. The standard InChI is InChI=1S/C19H19F5O5/c1-18(2)11(5-10(20)16(25)29-4)19(18,17(26)27)6-8-12(21)14(23)9(7-28-3)15(24)13(8)22/h5,11H,6-7H2,1-4H3,(H,26,27)/b10-5-/t11-,19-/m0/s1. The van der Waals surface area contributed by atoms with Crippen LogP contribution in [0.1, 0.15) is 25.0 Å². The molecule has 1 saturated carbocycles. The Morgan fingerprint density at radius 1 is 1.03 bits per heavy atom. The lowest BCUT2D eigenvalue weighted by Gasteiger charge is -2.18. The van der Waals surface area contributed by atoms with E-state index in [1.807, 2.05) is 0 Å². The van der Waals surface area contributed by atoms with Crippen LogP contribution >= 0.6 is 0 Å². The molecule has 1 N–H and O–H groups in total. The van der Waals surface area contributed by atoms with Gasteiger partial charge in [-0.05, 0) is 17.9 Å². The van der Waals surface area contributed by atoms with Crippen LogP contribution in [0.25, 0.3) is 0 Å². The van der Waals surface area contributed by atoms with Crippen LogP contribution in [0.15, 0.2) is 11.9 Å². The Balaban J connectivity index is 2.58. The van der Waals surface area contributed by atoms with Crippen LogP contribution in [0.5, 0.6) is 0 Å². The smallest absolute Gasteiger partial charge is 0.366 e. The van der Waals surface area contributed by atoms with Gasteiger partial charge >= 0.3 is 11.9 Å². The molecule has 10 heteroatoms. The molecular weight excluding hydrogens is 403 g/mol. The van der Waals surface area contributed by atoms with Gasteiger partial charge < -0.3 is 14.6 Å². The number of carboxylic acid groups (broad SMARTS) is 1. The van der Waals surface area contributed by atoms with E-state index in [0.717, 1.165) is 14.2 Å². The van der Waals surface area contributed by atoms with Crippen molar-refractivity contribution >= 4 is 11.9 Å². The highest BCUT2D eigenvalue weighted by Gasteiger charge is 2.75. The molecule has 0 saturated heterocycles. The number of carbonyl (C=O) groups excluding carboxylic acids is 1. The molecular formula is C19H19F5O5. The summed E-state index contributed by atoms with van der Waals surface area (Å²) in [5.41, 5.74) is -5.40. The molecule has 160 valence electrons. The van der Waals surface area contributed by atoms with Gasteiger partial charge in [0.05, 0.1) is 24.7 Å². The number of carboxylic acids is 1. The Labute approximate surface area is 163 Å². The van der Waals surface area contributed by atoms with Gasteiger partial charge in [0.15, 0.2) is 23.3 Å². The van der Waals surface area contributed by atoms with Crippen molar-refractivity contribution in [2.45, 2.75) is 26.9 Å². The maximum absolute atomic E-state index is 14.5. The predicted molar refractivity (Wildman–Crippen MR) is 89.2 cm³/mol. The van der Waals surface area contributed by atoms with Crippen molar-refractivity contribution in [1.82, 2.24) is 0 Å². The second-order valence-corrected chi connectivity index (χ2v) is 7.30. The van der Waals surface area contributed by atoms with Crippen molar-refractivity contribution in [3.63, 3.8) is 0 Å². The normalized spacial score (nSPS) is 23.1. The number of methoxy groups -OCH3 is 2. The Morgan fingerprint density at radius 2 is 1.52 bits per heavy atom. The molecule has 29 heavy (non-hydrogen) atoms. The number of aliphatic carboxylic acids is 1. The number of halogens is 5. The van der Waals surface area contributed by atoms with Crippen LogP contribution < -0.4 is 0 Å². The minimum atomic E-state index is -2.01. The van der Waals surface area contributed by atoms with Crippen LogP contribution in [0.4, 0.5) is 22.0 Å². The molecule has 0 aliphatic heterocycles. The van der Waals surface area contributed by atoms with Gasteiger partial charge in [-0.2, -0.15) is 4.39 Å². The van der Waals surface area contributed by atoms with Gasteiger partial charge in [0.25, 0.3) is 0 Å². The second-order valence-electron chi connectivity index (χ2n) is 7.30. The second kappa shape index (κ2) is 7.74. The van der Waals surface area contributed by atoms with Gasteiger partial charge in [-0.25, -0.2) is 22.4 Å². The number of carbonyl (C=O) groups is 2. The van der Waals surface area contributed by atoms with Gasteiger partial charge in [0.1, 0.15) is 0 Å². The Bertz CT molecular complexity index is 866. The minimum Gasteiger partial charge on any atom is -0.481 e. The summed E-state index contributed by atoms with van der Waals surface area (Å²) in [4.78, 5) is 23.3. The molecule has 0 heterocycles. The fourth-order valence-electron chi connectivity index (χ4n) is 3.81. The van der Waals surface area contributed by atoms with E-state index in [-0.39, 0.29) is 0 Å². The first-order valence-corrected chi connectivity index (χ1v) is 8.40. The zero-order valence-electron chi connectivity index (χ0n) is 16.0. The highest BCUT2D eigenvalue weighted by Crippen LogP contribution is 2.71. The SMILES string of the molecule is COCc1c(F)c(F)c(C[C@@]2(C(=O)O)[C@@H](/C=C(\F)C(=O)OC)C2(C)C)c(F)c1F. The van der Waals surface area contributed by atoms with E-state index in [1.54, 1.807) is 0 Å². The van der Waals surface area contributed by atoms with E-state index >= 15 is 0 Å². The summed E-state index contributed by atoms with van der Waals surface area (Å²) < 4.78 is 80.0. The fraction of sp³-hybridized carbons (Fsp3) is 0.474. The molecule has 0 bridgehead atoms. The van der Waals surface area contributed by atoms with Gasteiger partial charge in [-0.3, -0.25) is 4.79 Å². The van der Waals surface area contributed by atoms with E-state index in [9.17, 15) is 36.6 Å². The number of benzene rings is 1. The van der Waals surface area contributed by atoms with E-state index in [0.29, 0.717) is 6.08 Å². The third kappa shape index (κ3) is 3.39. The van der Waals surface area contributed by atoms with Crippen LogP contribution in [-0.2, 0) is 32.1 Å². The first-order valence-electron chi connectivity index (χ1n) is 8.40. The van der Waals surface area contributed by atoms with E-state index in [2.05, 4.69) is 9.47 Å². The predicted octanol–water partition coefficient (Wildman–Crippen LogP) is 3.69. The van der Waals surface area contributed by atoms with E-state index in [1.165, 1.54) is 13.8 Å². The van der Waals surface area contributed by atoms with E-state index < -0.39 is 81.9 Å². The van der Waals surface area contributed by atoms with Crippen molar-refractivity contribution < 1.29 is 46.1 Å². The summed E-state index contributed by atoms with van der Waals surface area (Å²) in [7, 11) is 1.98. The largest absolute Gasteiger partial charge is 0.481 e. The lowest BCUT2D eigenvalue weighted by molar-refractivity contribution is -0.145. The van der Waals surface area contributed by atoms with Crippen LogP contribution in [-0.4, -0.2) is 31.3 Å². The molecule has 2 atom stereocenters. The first-order chi connectivity index (χ1) is 13.4. The zero-order chi connectivity index (χ0) is 22.3. The van der Waals surface area contributed by atoms with Crippen LogP contribution in [0.2, 0.25) is 0 Å². The number of esters is 1. The fourth-order valence-corrected chi connectivity index (χ4v) is 3.81. The third-order valence-electron chi connectivity index (χ3n) is 5.64. The van der Waals surface area contributed by atoms with Crippen molar-refractivity contribution in [3.05, 3.63) is 46.3 Å². The van der Waals surface area contributed by atoms with Gasteiger partial charge in [0.2, 0.25) is 5.83 Å². The highest BCUT2D eigenvalue weighted by atomic mass is 19.2. The summed E-state index contributed by atoms with van der Waals surface area (Å²) in [6, 6.07) is 0. The lowest BCUT2D eigenvalue weighted by atomic mass is 9.87. The molecule has 2 rings (SSSR count). The van der Waals surface area contributed by atoms with Crippen molar-refractivity contribution in [2.24, 2.45) is 16.7 Å². The molecule has 1 aromatic rings. The number of rotatable bonds is 7. The summed E-state index contributed by atoms with van der Waals surface area (Å²) in [6.07, 6.45) is -0.286. The Hall–Kier alpha value is -2.49. The van der Waals surface area contributed by atoms with Crippen molar-refractivity contribution in [2.75, 3.05) is 14.2 Å². The maximum atomic E-state index is 14.5. The maximum Gasteiger partial charge on any atom is 0.366 e. The van der Waals surface area contributed by atoms with Crippen LogP contribution in [0.3, 0.4) is 0 Å². The number of hydrogen-bond donors (Lipinski definition) is 1. The number of hydrogen-bond acceptors (Lipinski definition) is 4. The summed E-state index contributed by atoms with van der Waals surface area (Å²) in [5.74, 6) is -12.4. The van der Waals surface area contributed by atoms with Crippen molar-refractivity contribution in [1.29, 1.82) is 0 Å². The van der Waals surface area contributed by atoms with Gasteiger partial charge in [0, 0.05) is 18.6 Å². The molecule has 1 aliphatic carbocycles. The molecule has 1 aliphatic rings. The topological polar surface area (TPSA) is 72.8 Å². The third-order valence-corrected chi connectivity index (χ3v) is 5.64. The first kappa shape index (κ1) is 22.8. The molecule has 1 fully saturated rings. The Morgan fingerprint density at radius 3 is 1.93 bits per heavy atom. The number of allylic oxidation sites excluding steroid dienone is 1. The average Bonchev–Trinajstić information content (AvgIpc) is 3.14. The summed E-state index contributed by atoms with van der Waals surface area (Å²) >= 11 is 0. The molecule has 0 radical (unpaired) electrons. The summed E-state index contributed by atoms with van der Waals surface area (Å²) in [5, 5.41) is 9.72.